The van der Waals surface area contributed by atoms with Gasteiger partial charge in [0.2, 0.25) is 5.82 Å². The summed E-state index contributed by atoms with van der Waals surface area (Å²) in [6.07, 6.45) is 0. The smallest absolute Gasteiger partial charge is 0.354 e. The second kappa shape index (κ2) is 11.2. The number of aliphatic hydroxyl groups is 1. The van der Waals surface area contributed by atoms with Crippen LogP contribution in [-0.4, -0.2) is 70.8 Å². The minimum absolute atomic E-state index is 0.0901. The Balaban J connectivity index is 1.83. The third-order valence-corrected chi connectivity index (χ3v) is 7.96. The van der Waals surface area contributed by atoms with Gasteiger partial charge in [-0.2, -0.15) is 5.21 Å². The molecule has 4 rings (SSSR count). The minimum Gasteiger partial charge on any atom is -0.477 e. The lowest BCUT2D eigenvalue weighted by atomic mass is 9.97. The van der Waals surface area contributed by atoms with E-state index in [2.05, 4.69) is 20.6 Å². The molecule has 3 N–H and O–H groups in total. The fraction of sp³-hybridized carbons (Fsp3) is 0.414. The molecule has 0 aliphatic carbocycles. The fourth-order valence-corrected chi connectivity index (χ4v) is 6.06. The van der Waals surface area contributed by atoms with Crippen molar-refractivity contribution in [2.45, 2.75) is 59.1 Å². The maximum Gasteiger partial charge on any atom is 0.354 e. The van der Waals surface area contributed by atoms with Gasteiger partial charge in [0.25, 0.3) is 0 Å². The number of thioether (sulfide) groups is 1. The van der Waals surface area contributed by atoms with Crippen molar-refractivity contribution in [2.75, 3.05) is 17.4 Å². The molecule has 12 heteroatoms. The Morgan fingerprint density at radius 1 is 1.05 bits per heavy atom. The fourth-order valence-electron chi connectivity index (χ4n) is 4.89. The van der Waals surface area contributed by atoms with E-state index in [4.69, 9.17) is 4.74 Å². The lowest BCUT2D eigenvalue weighted by molar-refractivity contribution is -0.158. The summed E-state index contributed by atoms with van der Waals surface area (Å²) in [5.41, 5.74) is 0.897. The highest BCUT2D eigenvalue weighted by molar-refractivity contribution is 8.00. The number of benzene rings is 2. The van der Waals surface area contributed by atoms with Crippen LogP contribution in [0.2, 0.25) is 0 Å². The van der Waals surface area contributed by atoms with Crippen LogP contribution in [0, 0.1) is 5.41 Å². The Morgan fingerprint density at radius 2 is 1.68 bits per heavy atom. The molecule has 0 radical (unpaired) electrons. The van der Waals surface area contributed by atoms with Crippen LogP contribution in [0.3, 0.4) is 0 Å². The number of carbonyl (C=O) groups excluding carboxylic acids is 1. The molecule has 0 saturated heterocycles. The van der Waals surface area contributed by atoms with Gasteiger partial charge in [-0.25, -0.2) is 4.79 Å². The minimum atomic E-state index is -1.56. The summed E-state index contributed by atoms with van der Waals surface area (Å²) >= 11 is 1.47. The van der Waals surface area contributed by atoms with Crippen LogP contribution in [0.25, 0.3) is 22.5 Å². The van der Waals surface area contributed by atoms with Crippen molar-refractivity contribution >= 4 is 29.4 Å². The Hall–Kier alpha value is -3.90. The van der Waals surface area contributed by atoms with Gasteiger partial charge >= 0.3 is 11.9 Å². The molecule has 1 aliphatic rings. The zero-order valence-electron chi connectivity index (χ0n) is 24.3. The van der Waals surface area contributed by atoms with Crippen LogP contribution >= 0.6 is 11.8 Å². The van der Waals surface area contributed by atoms with E-state index in [1.165, 1.54) is 25.6 Å². The van der Waals surface area contributed by atoms with Gasteiger partial charge in [0, 0.05) is 11.3 Å². The molecule has 41 heavy (non-hydrogen) atoms. The van der Waals surface area contributed by atoms with Gasteiger partial charge in [-0.05, 0) is 75.8 Å². The number of carboxylic acid groups (broad SMARTS) is 1. The van der Waals surface area contributed by atoms with Crippen LogP contribution in [0.4, 0.5) is 5.69 Å². The molecule has 1 atom stereocenters. The van der Waals surface area contributed by atoms with Crippen LogP contribution in [0.1, 0.15) is 48.5 Å². The molecule has 11 nitrogen and oxygen atoms in total. The normalized spacial score (nSPS) is 17.8. The van der Waals surface area contributed by atoms with E-state index >= 15 is 0 Å². The quantitative estimate of drug-likeness (QED) is 0.303. The highest BCUT2D eigenvalue weighted by atomic mass is 32.2. The molecule has 2 heterocycles. The molecule has 0 spiro atoms. The van der Waals surface area contributed by atoms with E-state index in [9.17, 15) is 19.8 Å². The number of aromatic amines is 1. The molecular weight excluding hydrogens is 544 g/mol. The number of nitrogens with one attached hydrogen (secondary N) is 1. The first-order valence-corrected chi connectivity index (χ1v) is 14.2. The summed E-state index contributed by atoms with van der Waals surface area (Å²) < 4.78 is 5.68. The summed E-state index contributed by atoms with van der Waals surface area (Å²) in [6.45, 7) is 11.9. The first kappa shape index (κ1) is 30.1. The van der Waals surface area contributed by atoms with Crippen molar-refractivity contribution in [3.05, 3.63) is 59.9 Å². The predicted octanol–water partition coefficient (Wildman–Crippen LogP) is 4.70. The zero-order chi connectivity index (χ0) is 30.2. The van der Waals surface area contributed by atoms with Gasteiger partial charge in [-0.3, -0.25) is 4.79 Å². The third kappa shape index (κ3) is 5.80. The van der Waals surface area contributed by atoms with Gasteiger partial charge in [0.15, 0.2) is 17.4 Å². The SMILES string of the molecule is CCSC1(C)N(COC(=O)C(C)(C)C)C(C(C)(C)O)=C(C(=O)O)N1c1ccc(-c2ccccc2-c2nn[nH]n2)cc1. The highest BCUT2D eigenvalue weighted by Crippen LogP contribution is 2.50. The largest absolute Gasteiger partial charge is 0.477 e. The summed E-state index contributed by atoms with van der Waals surface area (Å²) in [6, 6.07) is 15.1. The molecular formula is C29H36N6O5S. The van der Waals surface area contributed by atoms with Crippen molar-refractivity contribution in [1.82, 2.24) is 25.5 Å². The number of hydrogen-bond acceptors (Lipinski definition) is 10. The van der Waals surface area contributed by atoms with Crippen molar-refractivity contribution < 1.29 is 24.5 Å². The van der Waals surface area contributed by atoms with Crippen molar-refractivity contribution in [2.24, 2.45) is 5.41 Å². The first-order chi connectivity index (χ1) is 19.2. The average Bonchev–Trinajstić information content (AvgIpc) is 3.52. The highest BCUT2D eigenvalue weighted by Gasteiger charge is 2.54. The van der Waals surface area contributed by atoms with Crippen LogP contribution in [-0.2, 0) is 14.3 Å². The molecule has 0 bridgehead atoms. The topological polar surface area (TPSA) is 145 Å². The number of carboxylic acids is 1. The van der Waals surface area contributed by atoms with E-state index in [1.54, 1.807) is 30.6 Å². The second-order valence-corrected chi connectivity index (χ2v) is 13.0. The van der Waals surface area contributed by atoms with E-state index in [0.29, 0.717) is 17.3 Å². The Morgan fingerprint density at radius 3 is 2.20 bits per heavy atom. The standard InChI is InChI=1S/C29H36N6O5S/c1-8-41-29(7)34(17-40-26(38)27(2,3)4)23(28(5,6)39)22(25(36)37)35(29)19-15-13-18(14-16-19)20-11-9-10-12-21(20)24-30-32-33-31-24/h9-16,39H,8,17H2,1-7H3,(H,36,37)(H,30,31,32,33). The Kier molecular flexibility index (Phi) is 8.19. The first-order valence-electron chi connectivity index (χ1n) is 13.2. The Labute approximate surface area is 243 Å². The molecule has 0 fully saturated rings. The van der Waals surface area contributed by atoms with Gasteiger partial charge in [-0.15, -0.1) is 22.0 Å². The monoisotopic (exact) mass is 580 g/mol. The van der Waals surface area contributed by atoms with E-state index in [0.717, 1.165) is 16.7 Å². The Bertz CT molecular complexity index is 1440. The number of hydrogen-bond donors (Lipinski definition) is 3. The van der Waals surface area contributed by atoms with E-state index < -0.39 is 27.9 Å². The zero-order valence-corrected chi connectivity index (χ0v) is 25.1. The van der Waals surface area contributed by atoms with Crippen LogP contribution in [0.5, 0.6) is 0 Å². The number of esters is 1. The molecule has 0 amide bonds. The van der Waals surface area contributed by atoms with Crippen LogP contribution in [0.15, 0.2) is 59.9 Å². The van der Waals surface area contributed by atoms with Crippen molar-refractivity contribution in [1.29, 1.82) is 0 Å². The van der Waals surface area contributed by atoms with Gasteiger partial charge in [-0.1, -0.05) is 43.3 Å². The molecule has 1 aliphatic heterocycles. The van der Waals surface area contributed by atoms with Gasteiger partial charge < -0.3 is 24.7 Å². The summed E-state index contributed by atoms with van der Waals surface area (Å²) in [4.78, 5) is 27.9. The second-order valence-electron chi connectivity index (χ2n) is 11.3. The third-order valence-electron chi connectivity index (χ3n) is 6.72. The molecule has 3 aromatic rings. The number of aromatic nitrogens is 4. The number of anilines is 1. The predicted molar refractivity (Wildman–Crippen MR) is 157 cm³/mol. The molecule has 1 unspecified atom stereocenters. The molecule has 1 aromatic heterocycles. The molecule has 0 saturated carbocycles. The van der Waals surface area contributed by atoms with Gasteiger partial charge in [0.05, 0.1) is 11.1 Å². The summed E-state index contributed by atoms with van der Waals surface area (Å²) in [7, 11) is 0. The number of nitrogens with zero attached hydrogens (tertiary/aromatic N) is 5. The number of carbonyl (C=O) groups is 2. The lowest BCUT2D eigenvalue weighted by Crippen LogP contribution is -2.53. The number of tetrazole rings is 1. The number of aliphatic carboxylic acids is 1. The molecule has 218 valence electrons. The van der Waals surface area contributed by atoms with Crippen molar-refractivity contribution in [3.63, 3.8) is 0 Å². The number of rotatable bonds is 9. The lowest BCUT2D eigenvalue weighted by Gasteiger charge is -2.44. The molecule has 2 aromatic carbocycles. The number of H-pyrrole nitrogens is 1. The van der Waals surface area contributed by atoms with Crippen molar-refractivity contribution in [3.8, 4) is 22.5 Å². The average molecular weight is 581 g/mol. The van der Waals surface area contributed by atoms with E-state index in [-0.39, 0.29) is 18.1 Å². The maximum atomic E-state index is 12.9. The summed E-state index contributed by atoms with van der Waals surface area (Å²) in [5, 5.41) is 36.1. The van der Waals surface area contributed by atoms with Gasteiger partial charge in [0.1, 0.15) is 5.60 Å². The maximum absolute atomic E-state index is 12.9. The van der Waals surface area contributed by atoms with E-state index in [1.807, 2.05) is 62.4 Å². The van der Waals surface area contributed by atoms with Crippen LogP contribution < -0.4 is 4.90 Å². The number of ether oxygens (including phenoxy) is 1. The summed E-state index contributed by atoms with van der Waals surface area (Å²) in [5.74, 6) is -0.557.